The van der Waals surface area contributed by atoms with Crippen LogP contribution in [-0.4, -0.2) is 42.0 Å². The maximum absolute atomic E-state index is 12.7. The van der Waals surface area contributed by atoms with Crippen molar-refractivity contribution in [3.8, 4) is 0 Å². The lowest BCUT2D eigenvalue weighted by molar-refractivity contribution is -0.134. The van der Waals surface area contributed by atoms with Crippen LogP contribution in [0.15, 0.2) is 30.5 Å². The molecule has 0 radical (unpaired) electrons. The molecule has 134 valence electrons. The van der Waals surface area contributed by atoms with E-state index in [9.17, 15) is 18.0 Å². The van der Waals surface area contributed by atoms with E-state index in [2.05, 4.69) is 4.98 Å². The summed E-state index contributed by atoms with van der Waals surface area (Å²) in [4.78, 5) is 19.2. The zero-order valence-electron chi connectivity index (χ0n) is 13.1. The van der Waals surface area contributed by atoms with Crippen LogP contribution >= 0.6 is 22.9 Å². The molecule has 0 saturated carbocycles. The molecule has 0 N–H and O–H groups in total. The average molecular weight is 390 g/mol. The van der Waals surface area contributed by atoms with Gasteiger partial charge in [0.2, 0.25) is 0 Å². The van der Waals surface area contributed by atoms with Crippen molar-refractivity contribution in [2.24, 2.45) is 0 Å². The third-order valence-electron chi connectivity index (χ3n) is 3.92. The number of nitrogens with zero attached hydrogens (tertiary/aromatic N) is 3. The monoisotopic (exact) mass is 389 g/mol. The topological polar surface area (TPSA) is 36.4 Å². The molecule has 2 aromatic rings. The van der Waals surface area contributed by atoms with E-state index in [1.165, 1.54) is 0 Å². The Kier molecular flexibility index (Phi) is 5.19. The molecule has 4 nitrogen and oxygen atoms in total. The van der Waals surface area contributed by atoms with Crippen molar-refractivity contribution in [2.75, 3.05) is 31.1 Å². The average Bonchev–Trinajstić information content (AvgIpc) is 2.94. The van der Waals surface area contributed by atoms with E-state index in [4.69, 9.17) is 11.6 Å². The van der Waals surface area contributed by atoms with Gasteiger partial charge in [-0.1, -0.05) is 22.9 Å². The predicted molar refractivity (Wildman–Crippen MR) is 91.3 cm³/mol. The molecule has 0 bridgehead atoms. The first-order chi connectivity index (χ1) is 11.8. The molecule has 2 heterocycles. The number of halogens is 4. The second-order valence-corrected chi connectivity index (χ2v) is 7.09. The highest BCUT2D eigenvalue weighted by Crippen LogP contribution is 2.36. The number of rotatable bonds is 2. The van der Waals surface area contributed by atoms with Gasteiger partial charge in [-0.2, -0.15) is 13.2 Å². The van der Waals surface area contributed by atoms with Crippen LogP contribution in [0, 0.1) is 0 Å². The number of hydrogen-bond acceptors (Lipinski definition) is 4. The number of amides is 1. The maximum atomic E-state index is 12.7. The highest BCUT2D eigenvalue weighted by molar-refractivity contribution is 7.15. The number of thiazole rings is 1. The van der Waals surface area contributed by atoms with Gasteiger partial charge < -0.3 is 9.80 Å². The number of anilines is 1. The molecular weight excluding hydrogens is 375 g/mol. The van der Waals surface area contributed by atoms with E-state index in [0.717, 1.165) is 6.20 Å². The van der Waals surface area contributed by atoms with Crippen LogP contribution in [0.1, 0.15) is 21.7 Å². The van der Waals surface area contributed by atoms with Crippen molar-refractivity contribution in [1.29, 1.82) is 0 Å². The van der Waals surface area contributed by atoms with Crippen LogP contribution in [0.3, 0.4) is 0 Å². The second kappa shape index (κ2) is 7.21. The molecule has 1 aliphatic rings. The summed E-state index contributed by atoms with van der Waals surface area (Å²) in [5.41, 5.74) is 0.548. The Labute approximate surface area is 151 Å². The van der Waals surface area contributed by atoms with Crippen molar-refractivity contribution in [2.45, 2.75) is 12.6 Å². The number of aromatic nitrogens is 1. The first-order valence-electron chi connectivity index (χ1n) is 7.67. The van der Waals surface area contributed by atoms with Crippen molar-refractivity contribution >= 4 is 34.0 Å². The van der Waals surface area contributed by atoms with Crippen molar-refractivity contribution in [3.63, 3.8) is 0 Å². The summed E-state index contributed by atoms with van der Waals surface area (Å²) in [5, 5.41) is 0.899. The highest BCUT2D eigenvalue weighted by Gasteiger charge is 2.34. The zero-order valence-corrected chi connectivity index (χ0v) is 14.7. The first-order valence-corrected chi connectivity index (χ1v) is 8.87. The van der Waals surface area contributed by atoms with Gasteiger partial charge in [0.05, 0.1) is 6.20 Å². The second-order valence-electron chi connectivity index (χ2n) is 5.64. The third-order valence-corrected chi connectivity index (χ3v) is 5.27. The van der Waals surface area contributed by atoms with Gasteiger partial charge >= 0.3 is 6.18 Å². The summed E-state index contributed by atoms with van der Waals surface area (Å²) < 4.78 is 38.2. The summed E-state index contributed by atoms with van der Waals surface area (Å²) in [6.07, 6.45) is -2.85. The van der Waals surface area contributed by atoms with Gasteiger partial charge in [0.25, 0.3) is 5.91 Å². The minimum Gasteiger partial charge on any atom is -0.346 e. The lowest BCUT2D eigenvalue weighted by Crippen LogP contribution is -2.35. The summed E-state index contributed by atoms with van der Waals surface area (Å²) in [6, 6.07) is 6.66. The molecule has 1 aromatic carbocycles. The minimum atomic E-state index is -4.38. The van der Waals surface area contributed by atoms with Crippen LogP contribution in [0.4, 0.5) is 18.3 Å². The van der Waals surface area contributed by atoms with Gasteiger partial charge in [-0.25, -0.2) is 4.98 Å². The Balaban J connectivity index is 1.67. The molecule has 1 amide bonds. The van der Waals surface area contributed by atoms with Crippen LogP contribution in [0.5, 0.6) is 0 Å². The Morgan fingerprint density at radius 3 is 2.48 bits per heavy atom. The molecule has 1 aliphatic heterocycles. The number of carbonyl (C=O) groups excluding carboxylic acids is 1. The lowest BCUT2D eigenvalue weighted by atomic mass is 10.2. The molecule has 9 heteroatoms. The van der Waals surface area contributed by atoms with Crippen molar-refractivity contribution in [1.82, 2.24) is 9.88 Å². The number of alkyl halides is 3. The van der Waals surface area contributed by atoms with Crippen molar-refractivity contribution in [3.05, 3.63) is 45.9 Å². The van der Waals surface area contributed by atoms with Crippen LogP contribution in [-0.2, 0) is 6.18 Å². The summed E-state index contributed by atoms with van der Waals surface area (Å²) >= 11 is 6.47. The largest absolute Gasteiger partial charge is 0.427 e. The van der Waals surface area contributed by atoms with E-state index in [1.807, 2.05) is 0 Å². The van der Waals surface area contributed by atoms with Gasteiger partial charge in [0.15, 0.2) is 5.13 Å². The van der Waals surface area contributed by atoms with Crippen LogP contribution < -0.4 is 4.90 Å². The molecule has 1 saturated heterocycles. The van der Waals surface area contributed by atoms with E-state index in [0.29, 0.717) is 59.7 Å². The highest BCUT2D eigenvalue weighted by atomic mass is 35.5. The van der Waals surface area contributed by atoms with E-state index in [-0.39, 0.29) is 5.91 Å². The maximum Gasteiger partial charge on any atom is 0.427 e. The summed E-state index contributed by atoms with van der Waals surface area (Å²) in [7, 11) is 0. The first kappa shape index (κ1) is 18.0. The fourth-order valence-corrected chi connectivity index (χ4v) is 3.59. The smallest absolute Gasteiger partial charge is 0.346 e. The normalized spacial score (nSPS) is 16.0. The fraction of sp³-hybridized carbons (Fsp3) is 0.375. The third kappa shape index (κ3) is 4.24. The van der Waals surface area contributed by atoms with Crippen LogP contribution in [0.2, 0.25) is 5.02 Å². The van der Waals surface area contributed by atoms with Gasteiger partial charge in [-0.05, 0) is 30.7 Å². The molecule has 0 unspecified atom stereocenters. The Morgan fingerprint density at radius 1 is 1.12 bits per heavy atom. The molecule has 3 rings (SSSR count). The number of hydrogen-bond donors (Lipinski definition) is 0. The Morgan fingerprint density at radius 2 is 1.84 bits per heavy atom. The molecule has 1 fully saturated rings. The van der Waals surface area contributed by atoms with E-state index < -0.39 is 11.1 Å². The lowest BCUT2D eigenvalue weighted by Gasteiger charge is -2.21. The molecule has 0 aliphatic carbocycles. The zero-order chi connectivity index (χ0) is 18.0. The summed E-state index contributed by atoms with van der Waals surface area (Å²) in [5.74, 6) is -0.103. The van der Waals surface area contributed by atoms with E-state index in [1.54, 1.807) is 34.1 Å². The molecular formula is C16H15ClF3N3OS. The SMILES string of the molecule is O=C(c1ccc(Cl)cc1)N1CCCN(c2ncc(C(F)(F)F)s2)CC1. The number of carbonyl (C=O) groups is 1. The molecule has 1 aromatic heterocycles. The fourth-order valence-electron chi connectivity index (χ4n) is 2.63. The van der Waals surface area contributed by atoms with Crippen LogP contribution in [0.25, 0.3) is 0 Å². The molecule has 0 atom stereocenters. The van der Waals surface area contributed by atoms with Gasteiger partial charge in [-0.3, -0.25) is 4.79 Å². The quantitative estimate of drug-likeness (QED) is 0.773. The molecule has 25 heavy (non-hydrogen) atoms. The summed E-state index contributed by atoms with van der Waals surface area (Å²) in [6.45, 7) is 2.00. The molecule has 0 spiro atoms. The predicted octanol–water partition coefficient (Wildman–Crippen LogP) is 4.17. The Hall–Kier alpha value is -1.80. The standard InChI is InChI=1S/C16H15ClF3N3OS/c17-12-4-2-11(3-5-12)14(24)22-6-1-7-23(9-8-22)15-21-10-13(25-15)16(18,19)20/h2-5,10H,1,6-9H2. The van der Waals surface area contributed by atoms with Crippen molar-refractivity contribution < 1.29 is 18.0 Å². The van der Waals surface area contributed by atoms with E-state index >= 15 is 0 Å². The van der Waals surface area contributed by atoms with Gasteiger partial charge in [0, 0.05) is 36.8 Å². The van der Waals surface area contributed by atoms with Gasteiger partial charge in [0.1, 0.15) is 4.88 Å². The van der Waals surface area contributed by atoms with Gasteiger partial charge in [-0.15, -0.1) is 0 Å². The Bertz CT molecular complexity index is 748. The minimum absolute atomic E-state index is 0.103. The number of benzene rings is 1.